The summed E-state index contributed by atoms with van der Waals surface area (Å²) < 4.78 is 4.69. The van der Waals surface area contributed by atoms with Crippen LogP contribution in [0.25, 0.3) is 6.08 Å². The predicted octanol–water partition coefficient (Wildman–Crippen LogP) is 3.37. The highest BCUT2D eigenvalue weighted by atomic mass is 16.5. The quantitative estimate of drug-likeness (QED) is 0.689. The third-order valence-electron chi connectivity index (χ3n) is 1.44. The van der Waals surface area contributed by atoms with Gasteiger partial charge in [-0.2, -0.15) is 0 Å². The Labute approximate surface area is 81.1 Å². The van der Waals surface area contributed by atoms with Crippen molar-refractivity contribution in [1.29, 1.82) is 0 Å². The normalized spacial score (nSPS) is 8.46. The first kappa shape index (κ1) is 11.9. The zero-order valence-corrected chi connectivity index (χ0v) is 8.49. The smallest absolute Gasteiger partial charge is 0.0459 e. The van der Waals surface area contributed by atoms with E-state index in [0.717, 1.165) is 13.0 Å². The van der Waals surface area contributed by atoms with Crippen molar-refractivity contribution < 1.29 is 4.74 Å². The highest BCUT2D eigenvalue weighted by Gasteiger charge is 1.75. The van der Waals surface area contributed by atoms with Gasteiger partial charge in [0.25, 0.3) is 0 Å². The lowest BCUT2D eigenvalue weighted by atomic mass is 10.2. The maximum atomic E-state index is 4.69. The van der Waals surface area contributed by atoms with Gasteiger partial charge in [0, 0.05) is 13.7 Å². The van der Waals surface area contributed by atoms with Crippen LogP contribution >= 0.6 is 0 Å². The van der Waals surface area contributed by atoms with E-state index < -0.39 is 0 Å². The molecule has 1 nitrogen and oxygen atoms in total. The van der Waals surface area contributed by atoms with Crippen LogP contribution < -0.4 is 0 Å². The molecule has 0 aliphatic carbocycles. The van der Waals surface area contributed by atoms with E-state index in [9.17, 15) is 0 Å². The second-order valence-corrected chi connectivity index (χ2v) is 2.61. The largest absolute Gasteiger partial charge is 0.385 e. The Kier molecular flexibility index (Phi) is 8.26. The monoisotopic (exact) mass is 178 g/mol. The number of methoxy groups -OCH3 is 1. The minimum Gasteiger partial charge on any atom is -0.385 e. The van der Waals surface area contributed by atoms with Gasteiger partial charge in [-0.1, -0.05) is 49.9 Å². The fourth-order valence-electron chi connectivity index (χ4n) is 0.793. The van der Waals surface area contributed by atoms with Gasteiger partial charge in [0.1, 0.15) is 0 Å². The van der Waals surface area contributed by atoms with Crippen molar-refractivity contribution in [2.75, 3.05) is 13.7 Å². The Morgan fingerprint density at radius 2 is 1.92 bits per heavy atom. The van der Waals surface area contributed by atoms with Gasteiger partial charge in [-0.3, -0.25) is 0 Å². The summed E-state index contributed by atoms with van der Waals surface area (Å²) in [5.74, 6) is 0. The molecule has 0 radical (unpaired) electrons. The zero-order chi connectivity index (χ0) is 9.94. The highest BCUT2D eigenvalue weighted by molar-refractivity contribution is 5.45. The fraction of sp³-hybridized carbons (Fsp3) is 0.333. The van der Waals surface area contributed by atoms with E-state index in [-0.39, 0.29) is 0 Å². The zero-order valence-electron chi connectivity index (χ0n) is 8.49. The summed E-state index contributed by atoms with van der Waals surface area (Å²) in [7, 11) is 1.71. The maximum Gasteiger partial charge on any atom is 0.0459 e. The molecule has 0 atom stereocenters. The molecular weight excluding hydrogens is 160 g/mol. The molecule has 0 amide bonds. The van der Waals surface area contributed by atoms with Gasteiger partial charge in [-0.15, -0.1) is 0 Å². The molecule has 0 aliphatic rings. The molecule has 0 bridgehead atoms. The molecule has 0 aliphatic heterocycles. The van der Waals surface area contributed by atoms with E-state index in [2.05, 4.69) is 13.5 Å². The molecule has 1 heteroatoms. The van der Waals surface area contributed by atoms with Gasteiger partial charge in [0.05, 0.1) is 0 Å². The van der Waals surface area contributed by atoms with Gasteiger partial charge >= 0.3 is 0 Å². The van der Waals surface area contributed by atoms with Gasteiger partial charge in [-0.05, 0) is 12.0 Å². The van der Waals surface area contributed by atoms with E-state index in [4.69, 9.17) is 4.74 Å². The van der Waals surface area contributed by atoms with Crippen molar-refractivity contribution in [3.63, 3.8) is 0 Å². The van der Waals surface area contributed by atoms with Gasteiger partial charge < -0.3 is 4.74 Å². The molecule has 72 valence electrons. The minimum absolute atomic E-state index is 0.889. The van der Waals surface area contributed by atoms with Crippen LogP contribution in [0.2, 0.25) is 0 Å². The fourth-order valence-corrected chi connectivity index (χ4v) is 0.793. The molecule has 0 aromatic heterocycles. The third-order valence-corrected chi connectivity index (χ3v) is 1.44. The summed E-state index contributed by atoms with van der Waals surface area (Å²) in [5, 5.41) is 0. The minimum atomic E-state index is 0.889. The second-order valence-electron chi connectivity index (χ2n) is 2.61. The molecule has 0 unspecified atom stereocenters. The number of ether oxygens (including phenoxy) is 1. The van der Waals surface area contributed by atoms with E-state index in [1.54, 1.807) is 7.11 Å². The molecule has 0 saturated carbocycles. The van der Waals surface area contributed by atoms with Crippen LogP contribution in [-0.4, -0.2) is 13.7 Å². The Balaban J connectivity index is 0.000000252. The summed E-state index contributed by atoms with van der Waals surface area (Å²) >= 11 is 0. The lowest BCUT2D eigenvalue weighted by molar-refractivity contribution is 0.199. The maximum absolute atomic E-state index is 4.69. The van der Waals surface area contributed by atoms with Crippen LogP contribution in [0.4, 0.5) is 0 Å². The summed E-state index contributed by atoms with van der Waals surface area (Å²) in [5.41, 5.74) is 1.17. The third kappa shape index (κ3) is 7.29. The van der Waals surface area contributed by atoms with Crippen molar-refractivity contribution >= 4 is 6.08 Å². The summed E-state index contributed by atoms with van der Waals surface area (Å²) in [4.78, 5) is 0. The molecule has 0 spiro atoms. The lowest BCUT2D eigenvalue weighted by Gasteiger charge is -1.85. The number of benzene rings is 1. The molecule has 0 heterocycles. The molecule has 1 aromatic rings. The van der Waals surface area contributed by atoms with Crippen molar-refractivity contribution in [2.45, 2.75) is 13.3 Å². The first-order valence-corrected chi connectivity index (χ1v) is 4.51. The van der Waals surface area contributed by atoms with Crippen LogP contribution in [0.3, 0.4) is 0 Å². The molecule has 0 saturated heterocycles. The number of hydrogen-bond donors (Lipinski definition) is 0. The number of hydrogen-bond acceptors (Lipinski definition) is 1. The first-order valence-electron chi connectivity index (χ1n) is 4.51. The summed E-state index contributed by atoms with van der Waals surface area (Å²) in [6.45, 7) is 6.61. The van der Waals surface area contributed by atoms with Crippen LogP contribution in [0.1, 0.15) is 18.9 Å². The summed E-state index contributed by atoms with van der Waals surface area (Å²) in [6, 6.07) is 10.0. The van der Waals surface area contributed by atoms with E-state index >= 15 is 0 Å². The van der Waals surface area contributed by atoms with Crippen molar-refractivity contribution in [2.24, 2.45) is 0 Å². The van der Waals surface area contributed by atoms with E-state index in [1.165, 1.54) is 5.56 Å². The Hall–Kier alpha value is -1.08. The van der Waals surface area contributed by atoms with Gasteiger partial charge in [-0.25, -0.2) is 0 Å². The topological polar surface area (TPSA) is 9.23 Å². The van der Waals surface area contributed by atoms with Crippen molar-refractivity contribution in [3.05, 3.63) is 42.5 Å². The lowest BCUT2D eigenvalue weighted by Crippen LogP contribution is -1.80. The van der Waals surface area contributed by atoms with Gasteiger partial charge in [0.2, 0.25) is 0 Å². The summed E-state index contributed by atoms with van der Waals surface area (Å²) in [6.07, 6.45) is 2.95. The van der Waals surface area contributed by atoms with E-state index in [1.807, 2.05) is 36.4 Å². The Morgan fingerprint density at radius 1 is 1.31 bits per heavy atom. The highest BCUT2D eigenvalue weighted by Crippen LogP contribution is 1.97. The van der Waals surface area contributed by atoms with E-state index in [0.29, 0.717) is 0 Å². The Morgan fingerprint density at radius 3 is 2.15 bits per heavy atom. The SMILES string of the molecule is C=Cc1ccccc1.CCCOC. The average Bonchev–Trinajstić information content (AvgIpc) is 2.21. The number of rotatable bonds is 3. The Bertz CT molecular complexity index is 202. The molecule has 0 N–H and O–H groups in total. The molecule has 1 aromatic carbocycles. The molecular formula is C12H18O. The average molecular weight is 178 g/mol. The first-order chi connectivity index (χ1) is 6.35. The standard InChI is InChI=1S/C8H8.C4H10O/c1-2-8-6-4-3-5-7-8;1-3-4-5-2/h2-7H,1H2;3-4H2,1-2H3. The molecule has 1 rings (SSSR count). The molecule has 0 fully saturated rings. The van der Waals surface area contributed by atoms with Crippen LogP contribution in [0.5, 0.6) is 0 Å². The second kappa shape index (κ2) is 9.01. The van der Waals surface area contributed by atoms with Gasteiger partial charge in [0.15, 0.2) is 0 Å². The van der Waals surface area contributed by atoms with Crippen molar-refractivity contribution in [1.82, 2.24) is 0 Å². The van der Waals surface area contributed by atoms with Crippen LogP contribution in [-0.2, 0) is 4.74 Å². The predicted molar refractivity (Wildman–Crippen MR) is 58.7 cm³/mol. The van der Waals surface area contributed by atoms with Crippen LogP contribution in [0.15, 0.2) is 36.9 Å². The molecule has 13 heavy (non-hydrogen) atoms. The van der Waals surface area contributed by atoms with Crippen LogP contribution in [0, 0.1) is 0 Å². The van der Waals surface area contributed by atoms with Crippen molar-refractivity contribution in [3.8, 4) is 0 Å².